The fourth-order valence-corrected chi connectivity index (χ4v) is 7.83. The van der Waals surface area contributed by atoms with E-state index in [-0.39, 0.29) is 16.6 Å². The summed E-state index contributed by atoms with van der Waals surface area (Å²) in [7, 11) is -0.151. The zero-order valence-electron chi connectivity index (χ0n) is 23.9. The number of ether oxygens (including phenoxy) is 4. The van der Waals surface area contributed by atoms with Crippen LogP contribution < -0.4 is 0 Å². The Morgan fingerprint density at radius 2 is 1.78 bits per heavy atom. The van der Waals surface area contributed by atoms with Crippen molar-refractivity contribution in [1.82, 2.24) is 0 Å². The lowest BCUT2D eigenvalue weighted by atomic mass is 9.69. The van der Waals surface area contributed by atoms with Gasteiger partial charge in [0.05, 0.1) is 19.3 Å². The molecule has 4 aliphatic rings. The van der Waals surface area contributed by atoms with Gasteiger partial charge in [-0.25, -0.2) is 0 Å². The summed E-state index contributed by atoms with van der Waals surface area (Å²) in [4.78, 5) is 13.2. The Bertz CT molecular complexity index is 824. The molecule has 2 unspecified atom stereocenters. The number of hydrogen-bond acceptors (Lipinski definition) is 6. The number of carbonyl (C=O) groups is 1. The number of methoxy groups -OCH3 is 1. The first kappa shape index (κ1) is 28.4. The maximum Gasteiger partial charge on any atom is 0.191 e. The van der Waals surface area contributed by atoms with E-state index in [0.29, 0.717) is 44.0 Å². The number of carbonyl (C=O) groups excluding carboxylic acids is 1. The summed E-state index contributed by atoms with van der Waals surface area (Å²) in [6.07, 6.45) is 8.33. The largest absolute Gasteiger partial charge is 0.417 e. The maximum absolute atomic E-state index is 13.2. The molecule has 0 aromatic carbocycles. The first-order valence-corrected chi connectivity index (χ1v) is 17.1. The summed E-state index contributed by atoms with van der Waals surface area (Å²) >= 11 is 0. The van der Waals surface area contributed by atoms with Gasteiger partial charge in [0.25, 0.3) is 0 Å². The van der Waals surface area contributed by atoms with Crippen LogP contribution in [-0.4, -0.2) is 59.7 Å². The van der Waals surface area contributed by atoms with Crippen LogP contribution in [0, 0.1) is 17.3 Å². The zero-order valence-corrected chi connectivity index (χ0v) is 24.9. The smallest absolute Gasteiger partial charge is 0.191 e. The Morgan fingerprint density at radius 1 is 1.06 bits per heavy atom. The Morgan fingerprint density at radius 3 is 2.44 bits per heavy atom. The predicted octanol–water partition coefficient (Wildman–Crippen LogP) is 6.40. The molecule has 1 saturated heterocycles. The molecule has 1 spiro atoms. The standard InChI is InChI=1S/C29H50O6Si/c1-27(2,3)36(6,7)35-19-22-12-15-29(33-16-17-34-29)18-21(22)8-9-23-24-10-11-26(32-20-31-5)28(24,4)14-13-25(23)30/h21-22,26H,8-20H2,1-7H3/t21?,22?,26-,28-/m0/s1. The first-order valence-electron chi connectivity index (χ1n) is 14.2. The second-order valence-electron chi connectivity index (χ2n) is 13.4. The summed E-state index contributed by atoms with van der Waals surface area (Å²) in [5, 5.41) is 0.200. The van der Waals surface area contributed by atoms with E-state index in [1.165, 1.54) is 5.57 Å². The molecule has 4 rings (SSSR count). The molecule has 206 valence electrons. The van der Waals surface area contributed by atoms with Gasteiger partial charge in [-0.3, -0.25) is 4.79 Å². The van der Waals surface area contributed by atoms with Gasteiger partial charge in [-0.2, -0.15) is 0 Å². The molecule has 0 N–H and O–H groups in total. The van der Waals surface area contributed by atoms with Crippen LogP contribution in [0.2, 0.25) is 18.1 Å². The summed E-state index contributed by atoms with van der Waals surface area (Å²) in [5.41, 5.74) is 2.40. The van der Waals surface area contributed by atoms with Crippen LogP contribution in [-0.2, 0) is 28.2 Å². The fraction of sp³-hybridized carbons (Fsp3) is 0.897. The van der Waals surface area contributed by atoms with Crippen LogP contribution in [0.5, 0.6) is 0 Å². The quantitative estimate of drug-likeness (QED) is 0.258. The summed E-state index contributed by atoms with van der Waals surface area (Å²) < 4.78 is 30.3. The van der Waals surface area contributed by atoms with Crippen molar-refractivity contribution in [2.75, 3.05) is 33.7 Å². The molecular formula is C29H50O6Si. The second kappa shape index (κ2) is 10.9. The average molecular weight is 523 g/mol. The lowest BCUT2D eigenvalue weighted by Gasteiger charge is -2.44. The molecule has 6 nitrogen and oxygen atoms in total. The van der Waals surface area contributed by atoms with E-state index in [9.17, 15) is 4.79 Å². The van der Waals surface area contributed by atoms with Gasteiger partial charge >= 0.3 is 0 Å². The van der Waals surface area contributed by atoms with Gasteiger partial charge in [0.15, 0.2) is 19.9 Å². The van der Waals surface area contributed by atoms with Crippen LogP contribution in [0.15, 0.2) is 11.1 Å². The highest BCUT2D eigenvalue weighted by Crippen LogP contribution is 2.53. The van der Waals surface area contributed by atoms with Crippen LogP contribution in [0.1, 0.15) is 85.5 Å². The SMILES string of the molecule is COCO[C@H]1CCC2=C(CCC3CC4(CCC3CO[Si](C)(C)C(C)(C)C)OCCO4)C(=O)CC[C@@]21C. The third kappa shape index (κ3) is 5.71. The van der Waals surface area contributed by atoms with Crippen LogP contribution in [0.25, 0.3) is 0 Å². The number of rotatable bonds is 9. The monoisotopic (exact) mass is 522 g/mol. The lowest BCUT2D eigenvalue weighted by Crippen LogP contribution is -2.45. The second-order valence-corrected chi connectivity index (χ2v) is 18.2. The van der Waals surface area contributed by atoms with Crippen LogP contribution in [0.4, 0.5) is 0 Å². The zero-order chi connectivity index (χ0) is 26.2. The third-order valence-electron chi connectivity index (χ3n) is 10.2. The highest BCUT2D eigenvalue weighted by atomic mass is 28.4. The van der Waals surface area contributed by atoms with Gasteiger partial charge in [0.2, 0.25) is 0 Å². The number of allylic oxidation sites excluding steroid dienone is 1. The topological polar surface area (TPSA) is 63.2 Å². The highest BCUT2D eigenvalue weighted by molar-refractivity contribution is 6.74. The molecule has 0 aromatic rings. The van der Waals surface area contributed by atoms with Crippen molar-refractivity contribution in [2.45, 2.75) is 116 Å². The minimum absolute atomic E-state index is 0.0436. The average Bonchev–Trinajstić information content (AvgIpc) is 3.40. The van der Waals surface area contributed by atoms with Crippen molar-refractivity contribution < 1.29 is 28.2 Å². The summed E-state index contributed by atoms with van der Waals surface area (Å²) in [5.74, 6) is 0.836. The molecule has 4 atom stereocenters. The summed E-state index contributed by atoms with van der Waals surface area (Å²) in [6, 6.07) is 0. The van der Waals surface area contributed by atoms with Crippen LogP contribution in [0.3, 0.4) is 0 Å². The Labute approximate surface area is 219 Å². The number of hydrogen-bond donors (Lipinski definition) is 0. The third-order valence-corrected chi connectivity index (χ3v) is 14.7. The molecule has 3 fully saturated rings. The number of fused-ring (bicyclic) bond motifs is 1. The number of ketones is 1. The molecule has 0 amide bonds. The van der Waals surface area contributed by atoms with Crippen LogP contribution >= 0.6 is 0 Å². The predicted molar refractivity (Wildman–Crippen MR) is 143 cm³/mol. The van der Waals surface area contributed by atoms with E-state index < -0.39 is 14.1 Å². The molecule has 0 radical (unpaired) electrons. The van der Waals surface area contributed by atoms with Crippen molar-refractivity contribution in [3.8, 4) is 0 Å². The van der Waals surface area contributed by atoms with Crippen molar-refractivity contribution in [3.63, 3.8) is 0 Å². The molecule has 2 saturated carbocycles. The van der Waals surface area contributed by atoms with Crippen molar-refractivity contribution >= 4 is 14.1 Å². The summed E-state index contributed by atoms with van der Waals surface area (Å²) in [6.45, 7) is 16.4. The van der Waals surface area contributed by atoms with E-state index in [2.05, 4.69) is 40.8 Å². The van der Waals surface area contributed by atoms with E-state index in [1.807, 2.05) is 0 Å². The molecule has 1 heterocycles. The van der Waals surface area contributed by atoms with E-state index in [1.54, 1.807) is 7.11 Å². The Balaban J connectivity index is 1.49. The first-order chi connectivity index (χ1) is 16.9. The van der Waals surface area contributed by atoms with Crippen molar-refractivity contribution in [2.24, 2.45) is 17.3 Å². The van der Waals surface area contributed by atoms with Gasteiger partial charge in [-0.15, -0.1) is 0 Å². The lowest BCUT2D eigenvalue weighted by molar-refractivity contribution is -0.197. The van der Waals surface area contributed by atoms with Crippen molar-refractivity contribution in [1.29, 1.82) is 0 Å². The molecule has 1 aliphatic heterocycles. The highest BCUT2D eigenvalue weighted by Gasteiger charge is 2.49. The Hall–Kier alpha value is -0.573. The van der Waals surface area contributed by atoms with Gasteiger partial charge in [0.1, 0.15) is 6.79 Å². The normalized spacial score (nSPS) is 33.0. The molecule has 0 aromatic heterocycles. The van der Waals surface area contributed by atoms with Gasteiger partial charge in [-0.1, -0.05) is 33.3 Å². The van der Waals surface area contributed by atoms with Gasteiger partial charge in [0, 0.05) is 38.4 Å². The number of Topliss-reactive ketones (excluding diaryl/α,β-unsaturated/α-hetero) is 1. The molecule has 0 bridgehead atoms. The van der Waals surface area contributed by atoms with Gasteiger partial charge < -0.3 is 23.4 Å². The van der Waals surface area contributed by atoms with E-state index in [0.717, 1.165) is 63.5 Å². The molecule has 7 heteroatoms. The Kier molecular flexibility index (Phi) is 8.60. The fourth-order valence-electron chi connectivity index (χ4n) is 6.77. The molecule has 3 aliphatic carbocycles. The van der Waals surface area contributed by atoms with E-state index in [4.69, 9.17) is 23.4 Å². The van der Waals surface area contributed by atoms with E-state index >= 15 is 0 Å². The van der Waals surface area contributed by atoms with Crippen molar-refractivity contribution in [3.05, 3.63) is 11.1 Å². The van der Waals surface area contributed by atoms with Gasteiger partial charge in [-0.05, 0) is 74.1 Å². The molecular weight excluding hydrogens is 472 g/mol. The molecule has 36 heavy (non-hydrogen) atoms. The minimum atomic E-state index is -1.82. The maximum atomic E-state index is 13.2. The minimum Gasteiger partial charge on any atom is -0.417 e.